The van der Waals surface area contributed by atoms with Crippen molar-refractivity contribution in [3.8, 4) is 0 Å². The van der Waals surface area contributed by atoms with Crippen LogP contribution in [0.2, 0.25) is 0 Å². The van der Waals surface area contributed by atoms with Crippen LogP contribution >= 0.6 is 39.0 Å². The van der Waals surface area contributed by atoms with Gasteiger partial charge in [-0.3, -0.25) is 9.69 Å². The standard InChI is InChI=1S/C26H33BrN4O3S2/c1-6-15(2)28-11-9-21(32)30-24-22(23-29-18-13-16(27)7-8-19(18)35-23)17-10-12-31(14-20(17)36-24)25(33)34-26(3,4)5/h7-8,10,13-15,22,24,28H,6,9,11-12H2,1-5H3,(H,30,32). The number of amides is 2. The zero-order valence-corrected chi connectivity index (χ0v) is 24.5. The smallest absolute Gasteiger partial charge is 0.414 e. The number of aromatic nitrogens is 1. The van der Waals surface area contributed by atoms with E-state index in [1.54, 1.807) is 28.0 Å². The van der Waals surface area contributed by atoms with Crippen LogP contribution in [-0.2, 0) is 9.53 Å². The Hall–Kier alpha value is -1.88. The Morgan fingerprint density at radius 1 is 1.33 bits per heavy atom. The Morgan fingerprint density at radius 3 is 2.83 bits per heavy atom. The van der Waals surface area contributed by atoms with Gasteiger partial charge < -0.3 is 15.4 Å². The number of thioether (sulfide) groups is 1. The number of fused-ring (bicyclic) bond motifs is 2. The van der Waals surface area contributed by atoms with E-state index >= 15 is 0 Å². The summed E-state index contributed by atoms with van der Waals surface area (Å²) in [5.41, 5.74) is 1.46. The Labute approximate surface area is 229 Å². The van der Waals surface area contributed by atoms with Crippen LogP contribution < -0.4 is 10.6 Å². The van der Waals surface area contributed by atoms with E-state index in [2.05, 4.69) is 52.6 Å². The van der Waals surface area contributed by atoms with Crippen molar-refractivity contribution >= 4 is 61.2 Å². The number of benzene rings is 1. The number of halogens is 1. The van der Waals surface area contributed by atoms with Gasteiger partial charge >= 0.3 is 6.09 Å². The fourth-order valence-electron chi connectivity index (χ4n) is 3.99. The summed E-state index contributed by atoms with van der Waals surface area (Å²) < 4.78 is 7.65. The van der Waals surface area contributed by atoms with Crippen molar-refractivity contribution in [3.63, 3.8) is 0 Å². The van der Waals surface area contributed by atoms with Gasteiger partial charge in [-0.25, -0.2) is 9.78 Å². The second-order valence-corrected chi connectivity index (χ2v) is 13.2. The number of thiazole rings is 1. The summed E-state index contributed by atoms with van der Waals surface area (Å²) in [5.74, 6) is -0.0920. The molecule has 0 saturated carbocycles. The molecule has 1 aromatic heterocycles. The largest absolute Gasteiger partial charge is 0.443 e. The molecule has 2 aliphatic rings. The molecule has 3 atom stereocenters. The number of allylic oxidation sites excluding steroid dienone is 1. The number of hydrogen-bond donors (Lipinski definition) is 2. The maximum absolute atomic E-state index is 12.9. The van der Waals surface area contributed by atoms with Gasteiger partial charge in [0.1, 0.15) is 10.6 Å². The van der Waals surface area contributed by atoms with Crippen LogP contribution in [0, 0.1) is 0 Å². The van der Waals surface area contributed by atoms with Crippen LogP contribution in [0.5, 0.6) is 0 Å². The highest BCUT2D eigenvalue weighted by Gasteiger charge is 2.42. The van der Waals surface area contributed by atoms with E-state index in [9.17, 15) is 9.59 Å². The number of nitrogens with zero attached hydrogens (tertiary/aromatic N) is 2. The van der Waals surface area contributed by atoms with Gasteiger partial charge in [0.05, 0.1) is 21.5 Å². The minimum atomic E-state index is -0.569. The maximum Gasteiger partial charge on any atom is 0.414 e. The first-order chi connectivity index (χ1) is 17.0. The molecule has 3 unspecified atom stereocenters. The Balaban J connectivity index is 1.58. The molecule has 2 aliphatic heterocycles. The van der Waals surface area contributed by atoms with Crippen LogP contribution in [0.1, 0.15) is 58.4 Å². The molecule has 0 aliphatic carbocycles. The third kappa shape index (κ3) is 6.51. The van der Waals surface area contributed by atoms with Crippen molar-refractivity contribution in [1.82, 2.24) is 20.5 Å². The third-order valence-corrected chi connectivity index (χ3v) is 8.83. The molecular formula is C26H33BrN4O3S2. The molecule has 0 spiro atoms. The number of carbonyl (C=O) groups is 2. The Bertz CT molecular complexity index is 1200. The van der Waals surface area contributed by atoms with E-state index in [4.69, 9.17) is 9.72 Å². The van der Waals surface area contributed by atoms with Crippen LogP contribution in [0.25, 0.3) is 10.2 Å². The van der Waals surface area contributed by atoms with E-state index in [1.165, 1.54) is 0 Å². The Kier molecular flexibility index (Phi) is 8.49. The predicted molar refractivity (Wildman–Crippen MR) is 151 cm³/mol. The molecule has 3 heterocycles. The van der Waals surface area contributed by atoms with Crippen molar-refractivity contribution in [2.45, 2.75) is 70.4 Å². The molecule has 7 nitrogen and oxygen atoms in total. The minimum Gasteiger partial charge on any atom is -0.443 e. The van der Waals surface area contributed by atoms with E-state index < -0.39 is 5.60 Å². The van der Waals surface area contributed by atoms with Crippen molar-refractivity contribution in [2.75, 3.05) is 13.1 Å². The number of ether oxygens (including phenoxy) is 1. The highest BCUT2D eigenvalue weighted by Crippen LogP contribution is 2.52. The molecule has 1 aromatic carbocycles. The van der Waals surface area contributed by atoms with E-state index in [-0.39, 0.29) is 23.3 Å². The molecule has 1 fully saturated rings. The van der Waals surface area contributed by atoms with Gasteiger partial charge in [-0.1, -0.05) is 40.7 Å². The van der Waals surface area contributed by atoms with Gasteiger partial charge in [-0.2, -0.15) is 0 Å². The average Bonchev–Trinajstić information content (AvgIpc) is 3.36. The van der Waals surface area contributed by atoms with Crippen molar-refractivity contribution < 1.29 is 14.3 Å². The van der Waals surface area contributed by atoms with Crippen LogP contribution in [-0.4, -0.2) is 52.0 Å². The normalized spacial score (nSPS) is 20.6. The second-order valence-electron chi connectivity index (χ2n) is 10.0. The van der Waals surface area contributed by atoms with Gasteiger partial charge in [0.2, 0.25) is 5.91 Å². The summed E-state index contributed by atoms with van der Waals surface area (Å²) in [6.07, 6.45) is 4.96. The fourth-order valence-corrected chi connectivity index (χ4v) is 6.94. The summed E-state index contributed by atoms with van der Waals surface area (Å²) in [4.78, 5) is 33.1. The molecule has 2 aromatic rings. The number of nitrogens with one attached hydrogen (secondary N) is 2. The number of hydrogen-bond acceptors (Lipinski definition) is 7. The Morgan fingerprint density at radius 2 is 2.11 bits per heavy atom. The molecule has 2 amide bonds. The molecule has 10 heteroatoms. The molecule has 0 radical (unpaired) electrons. The highest BCUT2D eigenvalue weighted by atomic mass is 79.9. The maximum atomic E-state index is 12.9. The number of rotatable bonds is 7. The molecule has 194 valence electrons. The van der Waals surface area contributed by atoms with E-state index in [1.807, 2.05) is 39.1 Å². The quantitative estimate of drug-likeness (QED) is 0.402. The summed E-state index contributed by atoms with van der Waals surface area (Å²) in [5, 5.41) is 7.37. The molecule has 36 heavy (non-hydrogen) atoms. The first-order valence-electron chi connectivity index (χ1n) is 12.2. The molecular weight excluding hydrogens is 560 g/mol. The molecule has 0 bridgehead atoms. The average molecular weight is 594 g/mol. The first kappa shape index (κ1) is 27.2. The highest BCUT2D eigenvalue weighted by molar-refractivity contribution is 9.10. The SMILES string of the molecule is CCC(C)NCCC(=O)NC1SC2=CN(C(=O)OC(C)(C)C)CC=C2C1c1nc2cc(Br)ccc2s1. The topological polar surface area (TPSA) is 83.6 Å². The lowest BCUT2D eigenvalue weighted by Crippen LogP contribution is -2.37. The van der Waals surface area contributed by atoms with E-state index in [0.717, 1.165) is 36.6 Å². The monoisotopic (exact) mass is 592 g/mol. The lowest BCUT2D eigenvalue weighted by Gasteiger charge is -2.27. The zero-order valence-electron chi connectivity index (χ0n) is 21.3. The van der Waals surface area contributed by atoms with Gasteiger partial charge in [0.25, 0.3) is 0 Å². The summed E-state index contributed by atoms with van der Waals surface area (Å²) in [6, 6.07) is 6.47. The zero-order chi connectivity index (χ0) is 26.0. The van der Waals surface area contributed by atoms with E-state index in [0.29, 0.717) is 25.6 Å². The molecule has 2 N–H and O–H groups in total. The first-order valence-corrected chi connectivity index (χ1v) is 14.7. The van der Waals surface area contributed by atoms with Crippen molar-refractivity contribution in [1.29, 1.82) is 0 Å². The van der Waals surface area contributed by atoms with Crippen LogP contribution in [0.15, 0.2) is 45.4 Å². The van der Waals surface area contributed by atoms with Gasteiger partial charge in [0.15, 0.2) is 0 Å². The summed E-state index contributed by atoms with van der Waals surface area (Å²) in [6.45, 7) is 10.9. The van der Waals surface area contributed by atoms with Gasteiger partial charge in [-0.05, 0) is 57.9 Å². The summed E-state index contributed by atoms with van der Waals surface area (Å²) in [7, 11) is 0. The number of carbonyl (C=O) groups excluding carboxylic acids is 2. The lowest BCUT2D eigenvalue weighted by atomic mass is 9.97. The van der Waals surface area contributed by atoms with Crippen molar-refractivity contribution in [3.05, 3.63) is 50.4 Å². The molecule has 4 rings (SSSR count). The third-order valence-electron chi connectivity index (χ3n) is 5.98. The molecule has 1 saturated heterocycles. The fraction of sp³-hybridized carbons (Fsp3) is 0.500. The van der Waals surface area contributed by atoms with Gasteiger partial charge in [-0.15, -0.1) is 11.3 Å². The second kappa shape index (κ2) is 11.2. The van der Waals surface area contributed by atoms with Crippen LogP contribution in [0.3, 0.4) is 0 Å². The predicted octanol–water partition coefficient (Wildman–Crippen LogP) is 6.13. The van der Waals surface area contributed by atoms with Crippen LogP contribution in [0.4, 0.5) is 4.79 Å². The minimum absolute atomic E-state index is 0.000930. The lowest BCUT2D eigenvalue weighted by molar-refractivity contribution is -0.121. The van der Waals surface area contributed by atoms with Crippen molar-refractivity contribution in [2.24, 2.45) is 0 Å². The van der Waals surface area contributed by atoms with Gasteiger partial charge in [0, 0.05) is 41.1 Å². The summed E-state index contributed by atoms with van der Waals surface area (Å²) >= 11 is 6.75.